The topological polar surface area (TPSA) is 87.5 Å². The van der Waals surface area contributed by atoms with Crippen LogP contribution in [0.1, 0.15) is 28.9 Å². The number of carbonyl (C=O) groups excluding carboxylic acids is 1. The van der Waals surface area contributed by atoms with Crippen LogP contribution in [-0.4, -0.2) is 51.3 Å². The summed E-state index contributed by atoms with van der Waals surface area (Å²) >= 11 is 0. The third kappa shape index (κ3) is 3.11. The van der Waals surface area contributed by atoms with E-state index in [1.54, 1.807) is 7.05 Å². The van der Waals surface area contributed by atoms with E-state index in [0.29, 0.717) is 12.2 Å². The van der Waals surface area contributed by atoms with Gasteiger partial charge in [0.1, 0.15) is 5.56 Å². The number of hydrogen-bond donors (Lipinski definition) is 2. The van der Waals surface area contributed by atoms with Crippen molar-refractivity contribution in [2.24, 2.45) is 7.05 Å². The highest BCUT2D eigenvalue weighted by Gasteiger charge is 2.18. The Kier molecular flexibility index (Phi) is 4.16. The molecule has 0 aliphatic carbocycles. The summed E-state index contributed by atoms with van der Waals surface area (Å²) in [6, 6.07) is 0. The predicted octanol–water partition coefficient (Wildman–Crippen LogP) is -0.170. The van der Waals surface area contributed by atoms with Crippen molar-refractivity contribution in [3.63, 3.8) is 0 Å². The summed E-state index contributed by atoms with van der Waals surface area (Å²) in [7, 11) is 1.69. The van der Waals surface area contributed by atoms with Gasteiger partial charge in [-0.05, 0) is 12.8 Å². The molecule has 1 aromatic heterocycles. The van der Waals surface area contributed by atoms with Crippen molar-refractivity contribution in [3.8, 4) is 0 Å². The van der Waals surface area contributed by atoms with E-state index in [1.807, 2.05) is 4.90 Å². The molecule has 104 valence electrons. The second-order valence-corrected chi connectivity index (χ2v) is 4.63. The van der Waals surface area contributed by atoms with Gasteiger partial charge in [0, 0.05) is 26.7 Å². The van der Waals surface area contributed by atoms with Crippen LogP contribution in [0.4, 0.5) is 0 Å². The molecule has 1 aliphatic rings. The minimum atomic E-state index is -1.00. The fraction of sp³-hybridized carbons (Fsp3) is 0.583. The molecule has 0 radical (unpaired) electrons. The Hall–Kier alpha value is -1.89. The molecule has 0 bridgehead atoms. The van der Waals surface area contributed by atoms with Gasteiger partial charge in [0.15, 0.2) is 0 Å². The smallest absolute Gasteiger partial charge is 0.339 e. The Bertz CT molecular complexity index is 477. The summed E-state index contributed by atoms with van der Waals surface area (Å²) in [6.45, 7) is 2.20. The van der Waals surface area contributed by atoms with Crippen LogP contribution in [0.5, 0.6) is 0 Å². The maximum atomic E-state index is 11.8. The van der Waals surface area contributed by atoms with E-state index in [1.165, 1.54) is 10.9 Å². The number of nitrogens with zero attached hydrogens (tertiary/aromatic N) is 3. The SMILES string of the molecule is Cn1ncc(C(=O)O)c1CNCC(=O)N1CCCC1. The van der Waals surface area contributed by atoms with Crippen LogP contribution in [0.15, 0.2) is 6.20 Å². The molecule has 0 aromatic carbocycles. The zero-order valence-electron chi connectivity index (χ0n) is 10.9. The zero-order chi connectivity index (χ0) is 13.8. The second kappa shape index (κ2) is 5.83. The van der Waals surface area contributed by atoms with Crippen molar-refractivity contribution in [3.05, 3.63) is 17.5 Å². The molecule has 0 spiro atoms. The molecular weight excluding hydrogens is 248 g/mol. The van der Waals surface area contributed by atoms with Gasteiger partial charge in [0.25, 0.3) is 0 Å². The molecule has 7 nitrogen and oxygen atoms in total. The predicted molar refractivity (Wildman–Crippen MR) is 67.7 cm³/mol. The first-order valence-corrected chi connectivity index (χ1v) is 6.32. The lowest BCUT2D eigenvalue weighted by molar-refractivity contribution is -0.129. The van der Waals surface area contributed by atoms with Crippen LogP contribution < -0.4 is 5.32 Å². The van der Waals surface area contributed by atoms with Crippen molar-refractivity contribution < 1.29 is 14.7 Å². The summed E-state index contributed by atoms with van der Waals surface area (Å²) in [5, 5.41) is 15.9. The summed E-state index contributed by atoms with van der Waals surface area (Å²) in [4.78, 5) is 24.6. The number of hydrogen-bond acceptors (Lipinski definition) is 4. The van der Waals surface area contributed by atoms with E-state index >= 15 is 0 Å². The summed E-state index contributed by atoms with van der Waals surface area (Å²) < 4.78 is 1.51. The van der Waals surface area contributed by atoms with E-state index in [2.05, 4.69) is 10.4 Å². The van der Waals surface area contributed by atoms with Gasteiger partial charge in [-0.1, -0.05) is 0 Å². The molecule has 1 aromatic rings. The largest absolute Gasteiger partial charge is 0.478 e. The molecule has 1 saturated heterocycles. The molecular formula is C12H18N4O3. The molecule has 1 fully saturated rings. The van der Waals surface area contributed by atoms with Crippen LogP contribution in [0.25, 0.3) is 0 Å². The van der Waals surface area contributed by atoms with Crippen LogP contribution in [0.2, 0.25) is 0 Å². The van der Waals surface area contributed by atoms with E-state index in [9.17, 15) is 9.59 Å². The third-order valence-electron chi connectivity index (χ3n) is 3.32. The fourth-order valence-electron chi connectivity index (χ4n) is 2.22. The van der Waals surface area contributed by atoms with Crippen molar-refractivity contribution in [1.29, 1.82) is 0 Å². The van der Waals surface area contributed by atoms with Crippen molar-refractivity contribution in [2.45, 2.75) is 19.4 Å². The first kappa shape index (κ1) is 13.5. The average molecular weight is 266 g/mol. The van der Waals surface area contributed by atoms with Crippen LogP contribution in [-0.2, 0) is 18.4 Å². The zero-order valence-corrected chi connectivity index (χ0v) is 10.9. The maximum absolute atomic E-state index is 11.8. The number of aryl methyl sites for hydroxylation is 1. The van der Waals surface area contributed by atoms with Gasteiger partial charge < -0.3 is 15.3 Å². The summed E-state index contributed by atoms with van der Waals surface area (Å²) in [5.74, 6) is -0.938. The van der Waals surface area contributed by atoms with E-state index in [4.69, 9.17) is 5.11 Å². The normalized spacial score (nSPS) is 14.9. The van der Waals surface area contributed by atoms with Gasteiger partial charge in [0.2, 0.25) is 5.91 Å². The van der Waals surface area contributed by atoms with Crippen molar-refractivity contribution in [1.82, 2.24) is 20.0 Å². The van der Waals surface area contributed by atoms with Crippen molar-refractivity contribution in [2.75, 3.05) is 19.6 Å². The number of aromatic carboxylic acids is 1. The molecule has 7 heteroatoms. The molecule has 19 heavy (non-hydrogen) atoms. The van der Waals surface area contributed by atoms with Gasteiger partial charge in [-0.2, -0.15) is 5.10 Å². The van der Waals surface area contributed by atoms with Crippen molar-refractivity contribution >= 4 is 11.9 Å². The fourth-order valence-corrected chi connectivity index (χ4v) is 2.22. The Morgan fingerprint density at radius 3 is 2.74 bits per heavy atom. The minimum absolute atomic E-state index is 0.0662. The molecule has 1 amide bonds. The number of rotatable bonds is 5. The van der Waals surface area contributed by atoms with Crippen LogP contribution in [0.3, 0.4) is 0 Å². The Morgan fingerprint density at radius 1 is 1.42 bits per heavy atom. The number of likely N-dealkylation sites (tertiary alicyclic amines) is 1. The number of aromatic nitrogens is 2. The highest BCUT2D eigenvalue weighted by atomic mass is 16.4. The summed E-state index contributed by atoms with van der Waals surface area (Å²) in [6.07, 6.45) is 3.45. The van der Waals surface area contributed by atoms with Gasteiger partial charge in [0.05, 0.1) is 18.4 Å². The molecule has 0 unspecified atom stereocenters. The standard InChI is InChI=1S/C12H18N4O3/c1-15-10(9(6-14-15)12(18)19)7-13-8-11(17)16-4-2-3-5-16/h6,13H,2-5,7-8H2,1H3,(H,18,19). The van der Waals surface area contributed by atoms with E-state index in [0.717, 1.165) is 25.9 Å². The Balaban J connectivity index is 1.87. The number of amides is 1. The number of carboxylic acids is 1. The highest BCUT2D eigenvalue weighted by molar-refractivity contribution is 5.88. The Labute approximate surface area is 111 Å². The molecule has 2 N–H and O–H groups in total. The molecule has 0 saturated carbocycles. The Morgan fingerprint density at radius 2 is 2.11 bits per heavy atom. The first-order chi connectivity index (χ1) is 9.09. The average Bonchev–Trinajstić information content (AvgIpc) is 2.99. The number of nitrogens with one attached hydrogen (secondary N) is 1. The monoisotopic (exact) mass is 266 g/mol. The van der Waals surface area contributed by atoms with Gasteiger partial charge in [-0.3, -0.25) is 9.48 Å². The lowest BCUT2D eigenvalue weighted by atomic mass is 10.2. The second-order valence-electron chi connectivity index (χ2n) is 4.63. The molecule has 1 aliphatic heterocycles. The van der Waals surface area contributed by atoms with Gasteiger partial charge in [-0.15, -0.1) is 0 Å². The first-order valence-electron chi connectivity index (χ1n) is 6.32. The van der Waals surface area contributed by atoms with Gasteiger partial charge >= 0.3 is 5.97 Å². The minimum Gasteiger partial charge on any atom is -0.478 e. The molecule has 2 rings (SSSR count). The lowest BCUT2D eigenvalue weighted by Gasteiger charge is -2.15. The molecule has 2 heterocycles. The van der Waals surface area contributed by atoms with Crippen LogP contribution in [0, 0.1) is 0 Å². The lowest BCUT2D eigenvalue weighted by Crippen LogP contribution is -2.36. The summed E-state index contributed by atoms with van der Waals surface area (Å²) in [5.41, 5.74) is 0.741. The number of carboxylic acid groups (broad SMARTS) is 1. The van der Waals surface area contributed by atoms with E-state index in [-0.39, 0.29) is 18.0 Å². The maximum Gasteiger partial charge on any atom is 0.339 e. The highest BCUT2D eigenvalue weighted by Crippen LogP contribution is 2.08. The number of carbonyl (C=O) groups is 2. The third-order valence-corrected chi connectivity index (χ3v) is 3.32. The molecule has 0 atom stereocenters. The van der Waals surface area contributed by atoms with Gasteiger partial charge in [-0.25, -0.2) is 4.79 Å². The van der Waals surface area contributed by atoms with Crippen LogP contribution >= 0.6 is 0 Å². The quantitative estimate of drug-likeness (QED) is 0.772. The van der Waals surface area contributed by atoms with E-state index < -0.39 is 5.97 Å².